The largest absolute Gasteiger partial charge is 0.288 e. The van der Waals surface area contributed by atoms with Crippen LogP contribution < -0.4 is 0 Å². The predicted octanol–water partition coefficient (Wildman–Crippen LogP) is 4.63. The molecule has 26 heavy (non-hydrogen) atoms. The average Bonchev–Trinajstić information content (AvgIpc) is 2.68. The van der Waals surface area contributed by atoms with Crippen molar-refractivity contribution >= 4 is 11.9 Å². The van der Waals surface area contributed by atoms with Crippen LogP contribution in [0, 0.1) is 10.1 Å². The summed E-state index contributed by atoms with van der Waals surface area (Å²) in [7, 11) is 0. The quantitative estimate of drug-likeness (QED) is 0.356. The van der Waals surface area contributed by atoms with Crippen LogP contribution >= 0.6 is 0 Å². The molecule has 0 bridgehead atoms. The van der Waals surface area contributed by atoms with E-state index in [-0.39, 0.29) is 5.69 Å². The van der Waals surface area contributed by atoms with E-state index in [1.54, 1.807) is 18.3 Å². The van der Waals surface area contributed by atoms with Gasteiger partial charge in [0.2, 0.25) is 0 Å². The SMILES string of the molecule is O=[N+]([O-])c1cccc(C=NN(Cc2ccccc2)Cc2ccccc2)c1. The van der Waals surface area contributed by atoms with Crippen LogP contribution in [0.5, 0.6) is 0 Å². The maximum atomic E-state index is 10.9. The van der Waals surface area contributed by atoms with Crippen LogP contribution in [0.4, 0.5) is 5.69 Å². The van der Waals surface area contributed by atoms with Gasteiger partial charge >= 0.3 is 0 Å². The van der Waals surface area contributed by atoms with E-state index in [2.05, 4.69) is 29.4 Å². The molecular formula is C21H19N3O2. The number of nitro groups is 1. The van der Waals surface area contributed by atoms with Crippen LogP contribution in [-0.4, -0.2) is 16.1 Å². The molecule has 5 nitrogen and oxygen atoms in total. The van der Waals surface area contributed by atoms with Gasteiger partial charge in [0.1, 0.15) is 0 Å². The Labute approximate surface area is 152 Å². The van der Waals surface area contributed by atoms with E-state index in [0.29, 0.717) is 18.7 Å². The minimum atomic E-state index is -0.400. The molecule has 130 valence electrons. The van der Waals surface area contributed by atoms with E-state index >= 15 is 0 Å². The number of hydrogen-bond acceptors (Lipinski definition) is 4. The van der Waals surface area contributed by atoms with E-state index in [1.165, 1.54) is 12.1 Å². The van der Waals surface area contributed by atoms with Crippen molar-refractivity contribution in [3.8, 4) is 0 Å². The Hall–Kier alpha value is -3.47. The molecule has 0 heterocycles. The molecule has 0 aliphatic heterocycles. The minimum Gasteiger partial charge on any atom is -0.288 e. The van der Waals surface area contributed by atoms with Crippen molar-refractivity contribution in [3.05, 3.63) is 112 Å². The monoisotopic (exact) mass is 345 g/mol. The number of hydrazone groups is 1. The van der Waals surface area contributed by atoms with Crippen molar-refractivity contribution in [2.75, 3.05) is 0 Å². The Bertz CT molecular complexity index is 839. The first kappa shape index (κ1) is 17.4. The zero-order valence-corrected chi connectivity index (χ0v) is 14.2. The molecule has 0 aliphatic carbocycles. The van der Waals surface area contributed by atoms with Gasteiger partial charge < -0.3 is 0 Å². The summed E-state index contributed by atoms with van der Waals surface area (Å²) in [6, 6.07) is 26.7. The van der Waals surface area contributed by atoms with E-state index < -0.39 is 4.92 Å². The van der Waals surface area contributed by atoms with E-state index in [4.69, 9.17) is 0 Å². The van der Waals surface area contributed by atoms with Gasteiger partial charge in [-0.15, -0.1) is 0 Å². The van der Waals surface area contributed by atoms with Crippen LogP contribution in [-0.2, 0) is 13.1 Å². The van der Waals surface area contributed by atoms with Gasteiger partial charge in [-0.25, -0.2) is 0 Å². The summed E-state index contributed by atoms with van der Waals surface area (Å²) in [5, 5.41) is 17.4. The molecule has 3 rings (SSSR count). The van der Waals surface area contributed by atoms with Crippen molar-refractivity contribution in [1.82, 2.24) is 5.01 Å². The van der Waals surface area contributed by atoms with Gasteiger partial charge in [-0.2, -0.15) is 5.10 Å². The van der Waals surface area contributed by atoms with Gasteiger partial charge in [-0.3, -0.25) is 15.1 Å². The highest BCUT2D eigenvalue weighted by molar-refractivity contribution is 5.80. The third kappa shape index (κ3) is 5.01. The topological polar surface area (TPSA) is 58.7 Å². The fourth-order valence-corrected chi connectivity index (χ4v) is 2.59. The molecule has 0 saturated carbocycles. The van der Waals surface area contributed by atoms with Crippen molar-refractivity contribution in [3.63, 3.8) is 0 Å². The van der Waals surface area contributed by atoms with Gasteiger partial charge in [-0.1, -0.05) is 72.8 Å². The Morgan fingerprint density at radius 2 is 1.42 bits per heavy atom. The van der Waals surface area contributed by atoms with Gasteiger partial charge in [-0.05, 0) is 11.1 Å². The first-order valence-corrected chi connectivity index (χ1v) is 8.32. The predicted molar refractivity (Wildman–Crippen MR) is 103 cm³/mol. The smallest absolute Gasteiger partial charge is 0.270 e. The highest BCUT2D eigenvalue weighted by atomic mass is 16.6. The molecule has 0 unspecified atom stereocenters. The molecule has 0 aromatic heterocycles. The van der Waals surface area contributed by atoms with Crippen molar-refractivity contribution in [2.24, 2.45) is 5.10 Å². The van der Waals surface area contributed by atoms with Gasteiger partial charge in [0.15, 0.2) is 0 Å². The van der Waals surface area contributed by atoms with Crippen molar-refractivity contribution < 1.29 is 4.92 Å². The number of benzene rings is 3. The average molecular weight is 345 g/mol. The molecule has 0 spiro atoms. The number of rotatable bonds is 7. The fraction of sp³-hybridized carbons (Fsp3) is 0.0952. The molecule has 0 fully saturated rings. The molecule has 0 radical (unpaired) electrons. The van der Waals surface area contributed by atoms with Crippen molar-refractivity contribution in [1.29, 1.82) is 0 Å². The first-order valence-electron chi connectivity index (χ1n) is 8.32. The first-order chi connectivity index (χ1) is 12.7. The number of hydrogen-bond donors (Lipinski definition) is 0. The van der Waals surface area contributed by atoms with E-state index in [9.17, 15) is 10.1 Å². The number of nitro benzene ring substituents is 1. The maximum absolute atomic E-state index is 10.9. The lowest BCUT2D eigenvalue weighted by atomic mass is 10.2. The molecule has 0 saturated heterocycles. The highest BCUT2D eigenvalue weighted by Crippen LogP contribution is 2.13. The molecule has 0 atom stereocenters. The Balaban J connectivity index is 1.80. The minimum absolute atomic E-state index is 0.0617. The molecule has 0 aliphatic rings. The summed E-state index contributed by atoms with van der Waals surface area (Å²) in [5.74, 6) is 0. The molecule has 0 N–H and O–H groups in total. The summed E-state index contributed by atoms with van der Waals surface area (Å²) in [5.41, 5.74) is 3.07. The standard InChI is InChI=1S/C21H19N3O2/c25-24(26)21-13-7-12-20(14-21)15-22-23(16-18-8-3-1-4-9-18)17-19-10-5-2-6-11-19/h1-15H,16-17H2. The fourth-order valence-electron chi connectivity index (χ4n) is 2.59. The zero-order valence-electron chi connectivity index (χ0n) is 14.2. The number of non-ortho nitro benzene ring substituents is 1. The van der Waals surface area contributed by atoms with Gasteiger partial charge in [0, 0.05) is 17.7 Å². The lowest BCUT2D eigenvalue weighted by molar-refractivity contribution is -0.384. The summed E-state index contributed by atoms with van der Waals surface area (Å²) in [6.45, 7) is 1.31. The van der Waals surface area contributed by atoms with Crippen LogP contribution in [0.25, 0.3) is 0 Å². The summed E-state index contributed by atoms with van der Waals surface area (Å²) in [4.78, 5) is 10.5. The van der Waals surface area contributed by atoms with Crippen LogP contribution in [0.15, 0.2) is 90.0 Å². The summed E-state index contributed by atoms with van der Waals surface area (Å²) < 4.78 is 0. The van der Waals surface area contributed by atoms with Crippen LogP contribution in [0.2, 0.25) is 0 Å². The molecule has 3 aromatic carbocycles. The van der Waals surface area contributed by atoms with E-state index in [0.717, 1.165) is 11.1 Å². The van der Waals surface area contributed by atoms with Gasteiger partial charge in [0.05, 0.1) is 24.2 Å². The van der Waals surface area contributed by atoms with Crippen LogP contribution in [0.1, 0.15) is 16.7 Å². The maximum Gasteiger partial charge on any atom is 0.270 e. The Morgan fingerprint density at radius 3 is 1.96 bits per heavy atom. The third-order valence-corrected chi connectivity index (χ3v) is 3.87. The Morgan fingerprint density at radius 1 is 0.846 bits per heavy atom. The number of nitrogens with zero attached hydrogens (tertiary/aromatic N) is 3. The van der Waals surface area contributed by atoms with E-state index in [1.807, 2.05) is 41.4 Å². The molecule has 5 heteroatoms. The molecule has 0 amide bonds. The third-order valence-electron chi connectivity index (χ3n) is 3.87. The van der Waals surface area contributed by atoms with Gasteiger partial charge in [0.25, 0.3) is 5.69 Å². The van der Waals surface area contributed by atoms with Crippen LogP contribution in [0.3, 0.4) is 0 Å². The Kier molecular flexibility index (Phi) is 5.72. The second-order valence-corrected chi connectivity index (χ2v) is 5.89. The molecular weight excluding hydrogens is 326 g/mol. The van der Waals surface area contributed by atoms with Crippen molar-refractivity contribution in [2.45, 2.75) is 13.1 Å². The second-order valence-electron chi connectivity index (χ2n) is 5.89. The lowest BCUT2D eigenvalue weighted by Crippen LogP contribution is -2.17. The lowest BCUT2D eigenvalue weighted by Gasteiger charge is -2.19. The normalized spacial score (nSPS) is 10.8. The highest BCUT2D eigenvalue weighted by Gasteiger charge is 2.06. The zero-order chi connectivity index (χ0) is 18.2. The summed E-state index contributed by atoms with van der Waals surface area (Å²) >= 11 is 0. The second kappa shape index (κ2) is 8.58. The summed E-state index contributed by atoms with van der Waals surface area (Å²) in [6.07, 6.45) is 1.67. The molecule has 3 aromatic rings.